The van der Waals surface area contributed by atoms with Crippen LogP contribution in [0.4, 0.5) is 0 Å². The monoisotopic (exact) mass is 339 g/mol. The molecule has 124 valence electrons. The van der Waals surface area contributed by atoms with Crippen LogP contribution in [-0.2, 0) is 14.8 Å². The van der Waals surface area contributed by atoms with Crippen molar-refractivity contribution >= 4 is 28.3 Å². The Morgan fingerprint density at radius 2 is 1.81 bits per heavy atom. The van der Waals surface area contributed by atoms with Gasteiger partial charge in [-0.3, -0.25) is 4.79 Å². The fourth-order valence-corrected chi connectivity index (χ4v) is 4.36. The van der Waals surface area contributed by atoms with E-state index in [9.17, 15) is 13.2 Å². The predicted molar refractivity (Wildman–Crippen MR) is 85.1 cm³/mol. The molecule has 2 N–H and O–H groups in total. The molecule has 0 aromatic rings. The average molecular weight is 340 g/mol. The number of carbonyl (C=O) groups is 1. The summed E-state index contributed by atoms with van der Waals surface area (Å²) in [6.07, 6.45) is 4.53. The van der Waals surface area contributed by atoms with Crippen molar-refractivity contribution in [2.45, 2.75) is 44.6 Å². The lowest BCUT2D eigenvalue weighted by molar-refractivity contribution is -0.121. The van der Waals surface area contributed by atoms with Crippen LogP contribution in [-0.4, -0.2) is 56.6 Å². The molecule has 0 aliphatic carbocycles. The number of nitrogens with zero attached hydrogens (tertiary/aromatic N) is 1. The number of carbonyl (C=O) groups excluding carboxylic acids is 1. The summed E-state index contributed by atoms with van der Waals surface area (Å²) in [4.78, 5) is 11.8. The van der Waals surface area contributed by atoms with Gasteiger partial charge in [0.15, 0.2) is 0 Å². The summed E-state index contributed by atoms with van der Waals surface area (Å²) in [5, 5.41) is 6.23. The van der Waals surface area contributed by atoms with Crippen LogP contribution in [0.15, 0.2) is 0 Å². The molecule has 2 saturated heterocycles. The van der Waals surface area contributed by atoms with Crippen molar-refractivity contribution in [3.63, 3.8) is 0 Å². The molecule has 2 fully saturated rings. The van der Waals surface area contributed by atoms with E-state index in [-0.39, 0.29) is 30.1 Å². The molecular formula is C13H26ClN3O3S. The highest BCUT2D eigenvalue weighted by Gasteiger charge is 2.25. The van der Waals surface area contributed by atoms with Crippen LogP contribution < -0.4 is 10.6 Å². The lowest BCUT2D eigenvalue weighted by Gasteiger charge is -2.23. The second-order valence-corrected chi connectivity index (χ2v) is 7.71. The van der Waals surface area contributed by atoms with E-state index in [1.54, 1.807) is 4.31 Å². The van der Waals surface area contributed by atoms with Gasteiger partial charge in [0.05, 0.1) is 5.75 Å². The standard InChI is InChI=1S/C13H25N3O3S.ClH/c17-13(15-12-5-7-14-8-6-12)4-3-11-20(18,19)16-9-1-2-10-16;/h12,14H,1-11H2,(H,15,17);1H. The summed E-state index contributed by atoms with van der Waals surface area (Å²) in [6, 6.07) is 0.249. The fraction of sp³-hybridized carbons (Fsp3) is 0.923. The Kier molecular flexibility index (Phi) is 7.94. The number of rotatable bonds is 6. The maximum absolute atomic E-state index is 12.0. The Morgan fingerprint density at radius 3 is 2.43 bits per heavy atom. The Balaban J connectivity index is 0.00000220. The van der Waals surface area contributed by atoms with Gasteiger partial charge in [-0.1, -0.05) is 0 Å². The van der Waals surface area contributed by atoms with Gasteiger partial charge < -0.3 is 10.6 Å². The summed E-state index contributed by atoms with van der Waals surface area (Å²) >= 11 is 0. The molecule has 2 heterocycles. The van der Waals surface area contributed by atoms with Crippen LogP contribution in [0.25, 0.3) is 0 Å². The predicted octanol–water partition coefficient (Wildman–Crippen LogP) is 0.482. The second-order valence-electron chi connectivity index (χ2n) is 5.62. The number of sulfonamides is 1. The molecular weight excluding hydrogens is 314 g/mol. The van der Waals surface area contributed by atoms with Gasteiger partial charge in [0.25, 0.3) is 0 Å². The number of hydrogen-bond donors (Lipinski definition) is 2. The molecule has 0 radical (unpaired) electrons. The summed E-state index contributed by atoms with van der Waals surface area (Å²) in [6.45, 7) is 3.16. The maximum atomic E-state index is 12.0. The maximum Gasteiger partial charge on any atom is 0.220 e. The lowest BCUT2D eigenvalue weighted by Crippen LogP contribution is -2.42. The Bertz CT molecular complexity index is 418. The van der Waals surface area contributed by atoms with Crippen LogP contribution >= 0.6 is 12.4 Å². The van der Waals surface area contributed by atoms with Gasteiger partial charge in [-0.2, -0.15) is 0 Å². The zero-order valence-corrected chi connectivity index (χ0v) is 14.0. The van der Waals surface area contributed by atoms with Crippen molar-refractivity contribution in [2.75, 3.05) is 31.9 Å². The van der Waals surface area contributed by atoms with Gasteiger partial charge in [-0.15, -0.1) is 12.4 Å². The largest absolute Gasteiger partial charge is 0.353 e. The molecule has 0 atom stereocenters. The molecule has 0 saturated carbocycles. The topological polar surface area (TPSA) is 78.5 Å². The Morgan fingerprint density at radius 1 is 1.19 bits per heavy atom. The second kappa shape index (κ2) is 8.92. The summed E-state index contributed by atoms with van der Waals surface area (Å²) in [7, 11) is -3.15. The minimum atomic E-state index is -3.15. The molecule has 1 amide bonds. The minimum Gasteiger partial charge on any atom is -0.353 e. The molecule has 21 heavy (non-hydrogen) atoms. The molecule has 0 aromatic heterocycles. The van der Waals surface area contributed by atoms with E-state index in [1.165, 1.54) is 0 Å². The number of nitrogens with one attached hydrogen (secondary N) is 2. The van der Waals surface area contributed by atoms with Gasteiger partial charge in [0.1, 0.15) is 0 Å². The molecule has 2 rings (SSSR count). The first-order valence-electron chi connectivity index (χ1n) is 7.56. The van der Waals surface area contributed by atoms with E-state index in [2.05, 4.69) is 10.6 Å². The lowest BCUT2D eigenvalue weighted by atomic mass is 10.1. The molecule has 0 bridgehead atoms. The number of halogens is 1. The van der Waals surface area contributed by atoms with Gasteiger partial charge in [-0.25, -0.2) is 12.7 Å². The number of hydrogen-bond acceptors (Lipinski definition) is 4. The SMILES string of the molecule is Cl.O=C(CCCS(=O)(=O)N1CCCC1)NC1CCNCC1. The van der Waals surface area contributed by atoms with Gasteiger partial charge >= 0.3 is 0 Å². The number of amides is 1. The third-order valence-electron chi connectivity index (χ3n) is 3.97. The minimum absolute atomic E-state index is 0. The Hall–Kier alpha value is -0.370. The average Bonchev–Trinajstić information content (AvgIpc) is 2.94. The van der Waals surface area contributed by atoms with E-state index in [1.807, 2.05) is 0 Å². The van der Waals surface area contributed by atoms with Crippen LogP contribution in [0.5, 0.6) is 0 Å². The molecule has 0 spiro atoms. The highest BCUT2D eigenvalue weighted by atomic mass is 35.5. The molecule has 0 aromatic carbocycles. The van der Waals surface area contributed by atoms with Gasteiger partial charge in [0, 0.05) is 25.6 Å². The van der Waals surface area contributed by atoms with Crippen molar-refractivity contribution in [1.29, 1.82) is 0 Å². The third-order valence-corrected chi connectivity index (χ3v) is 5.93. The molecule has 2 aliphatic heterocycles. The van der Waals surface area contributed by atoms with E-state index >= 15 is 0 Å². The molecule has 0 unspecified atom stereocenters. The van der Waals surface area contributed by atoms with Gasteiger partial charge in [0.2, 0.25) is 15.9 Å². The molecule has 2 aliphatic rings. The first-order valence-corrected chi connectivity index (χ1v) is 9.17. The van der Waals surface area contributed by atoms with E-state index in [0.717, 1.165) is 38.8 Å². The summed E-state index contributed by atoms with van der Waals surface area (Å²) < 4.78 is 25.5. The summed E-state index contributed by atoms with van der Waals surface area (Å²) in [5.74, 6) is 0.0700. The third kappa shape index (κ3) is 6.10. The van der Waals surface area contributed by atoms with Crippen molar-refractivity contribution in [2.24, 2.45) is 0 Å². The van der Waals surface area contributed by atoms with Crippen molar-refractivity contribution in [1.82, 2.24) is 14.9 Å². The molecule has 8 heteroatoms. The number of piperidine rings is 1. The highest BCUT2D eigenvalue weighted by Crippen LogP contribution is 2.14. The first kappa shape index (κ1) is 18.7. The first-order chi connectivity index (χ1) is 9.58. The van der Waals surface area contributed by atoms with Gasteiger partial charge in [-0.05, 0) is 45.2 Å². The zero-order valence-electron chi connectivity index (χ0n) is 12.3. The van der Waals surface area contributed by atoms with Crippen molar-refractivity contribution < 1.29 is 13.2 Å². The van der Waals surface area contributed by atoms with Crippen molar-refractivity contribution in [3.05, 3.63) is 0 Å². The van der Waals surface area contributed by atoms with Crippen LogP contribution in [0.2, 0.25) is 0 Å². The zero-order chi connectivity index (χ0) is 14.4. The quantitative estimate of drug-likeness (QED) is 0.738. The Labute approximate surface area is 133 Å². The van der Waals surface area contributed by atoms with E-state index in [0.29, 0.717) is 25.9 Å². The van der Waals surface area contributed by atoms with Crippen LogP contribution in [0.3, 0.4) is 0 Å². The molecule has 6 nitrogen and oxygen atoms in total. The normalized spacial score (nSPS) is 21.0. The van der Waals surface area contributed by atoms with Crippen LogP contribution in [0, 0.1) is 0 Å². The van der Waals surface area contributed by atoms with E-state index in [4.69, 9.17) is 0 Å². The fourth-order valence-electron chi connectivity index (χ4n) is 2.78. The van der Waals surface area contributed by atoms with Crippen LogP contribution in [0.1, 0.15) is 38.5 Å². The smallest absolute Gasteiger partial charge is 0.220 e. The van der Waals surface area contributed by atoms with E-state index < -0.39 is 10.0 Å². The summed E-state index contributed by atoms with van der Waals surface area (Å²) in [5.41, 5.74) is 0. The van der Waals surface area contributed by atoms with Crippen molar-refractivity contribution in [3.8, 4) is 0 Å². The highest BCUT2D eigenvalue weighted by molar-refractivity contribution is 7.89.